The number of hydrogen-bond donors (Lipinski definition) is 1. The number of hydrogen-bond acceptors (Lipinski definition) is 2. The summed E-state index contributed by atoms with van der Waals surface area (Å²) in [5.41, 5.74) is 0.775. The number of benzene rings is 1. The summed E-state index contributed by atoms with van der Waals surface area (Å²) in [6, 6.07) is 6.96. The van der Waals surface area contributed by atoms with Crippen LogP contribution < -0.4 is 5.32 Å². The van der Waals surface area contributed by atoms with Gasteiger partial charge in [-0.2, -0.15) is 0 Å². The molecule has 0 saturated carbocycles. The highest BCUT2D eigenvalue weighted by atomic mass is 19.1. The van der Waals surface area contributed by atoms with Crippen LogP contribution in [-0.2, 0) is 4.74 Å². The lowest BCUT2D eigenvalue weighted by atomic mass is 9.95. The van der Waals surface area contributed by atoms with Crippen molar-refractivity contribution in [1.82, 2.24) is 5.32 Å². The zero-order valence-electron chi connectivity index (χ0n) is 10.0. The number of nitrogens with one attached hydrogen (secondary N) is 1. The predicted octanol–water partition coefficient (Wildman–Crippen LogP) is 2.56. The van der Waals surface area contributed by atoms with Crippen molar-refractivity contribution in [2.24, 2.45) is 0 Å². The molecule has 0 aliphatic carbocycles. The lowest BCUT2D eigenvalue weighted by Crippen LogP contribution is -2.19. The average molecular weight is 225 g/mol. The second-order valence-electron chi connectivity index (χ2n) is 3.76. The Morgan fingerprint density at radius 1 is 1.38 bits per heavy atom. The van der Waals surface area contributed by atoms with Gasteiger partial charge in [-0.05, 0) is 32.0 Å². The van der Waals surface area contributed by atoms with Gasteiger partial charge in [0.05, 0.1) is 0 Å². The van der Waals surface area contributed by atoms with Crippen LogP contribution in [0.3, 0.4) is 0 Å². The highest BCUT2D eigenvalue weighted by molar-refractivity contribution is 5.22. The first kappa shape index (κ1) is 13.1. The smallest absolute Gasteiger partial charge is 0.126 e. The molecule has 0 spiro atoms. The molecule has 1 rings (SSSR count). The summed E-state index contributed by atoms with van der Waals surface area (Å²) in [7, 11) is 1.88. The molecule has 2 nitrogen and oxygen atoms in total. The molecular formula is C13H20FNO. The van der Waals surface area contributed by atoms with Crippen molar-refractivity contribution in [3.63, 3.8) is 0 Å². The molecule has 1 aromatic carbocycles. The predicted molar refractivity (Wildman–Crippen MR) is 64.2 cm³/mol. The van der Waals surface area contributed by atoms with E-state index in [0.717, 1.165) is 18.5 Å². The van der Waals surface area contributed by atoms with Gasteiger partial charge in [0.25, 0.3) is 0 Å². The minimum atomic E-state index is -0.126. The third-order valence-corrected chi connectivity index (χ3v) is 2.61. The van der Waals surface area contributed by atoms with Crippen molar-refractivity contribution in [2.75, 3.05) is 26.8 Å². The van der Waals surface area contributed by atoms with Gasteiger partial charge in [-0.25, -0.2) is 4.39 Å². The molecule has 16 heavy (non-hydrogen) atoms. The van der Waals surface area contributed by atoms with Gasteiger partial charge in [0.15, 0.2) is 0 Å². The highest BCUT2D eigenvalue weighted by Crippen LogP contribution is 2.21. The van der Waals surface area contributed by atoms with Crippen molar-refractivity contribution in [1.29, 1.82) is 0 Å². The molecule has 0 aliphatic rings. The molecule has 0 amide bonds. The van der Waals surface area contributed by atoms with Crippen molar-refractivity contribution >= 4 is 0 Å². The maximum absolute atomic E-state index is 13.6. The van der Waals surface area contributed by atoms with Crippen LogP contribution in [0, 0.1) is 5.82 Å². The van der Waals surface area contributed by atoms with Crippen molar-refractivity contribution in [3.8, 4) is 0 Å². The molecule has 0 radical (unpaired) electrons. The summed E-state index contributed by atoms with van der Waals surface area (Å²) in [5.74, 6) is 0.0528. The monoisotopic (exact) mass is 225 g/mol. The van der Waals surface area contributed by atoms with Gasteiger partial charge in [-0.1, -0.05) is 18.2 Å². The Labute approximate surface area is 96.8 Å². The van der Waals surface area contributed by atoms with Crippen LogP contribution in [0.2, 0.25) is 0 Å². The minimum Gasteiger partial charge on any atom is -0.382 e. The second kappa shape index (κ2) is 7.36. The molecule has 1 atom stereocenters. The zero-order valence-corrected chi connectivity index (χ0v) is 10.0. The number of halogens is 1. The molecule has 0 saturated heterocycles. The van der Waals surface area contributed by atoms with E-state index >= 15 is 0 Å². The Balaban J connectivity index is 2.65. The Hall–Kier alpha value is -0.930. The van der Waals surface area contributed by atoms with Crippen molar-refractivity contribution in [3.05, 3.63) is 35.6 Å². The molecule has 0 heterocycles. The third-order valence-electron chi connectivity index (χ3n) is 2.61. The quantitative estimate of drug-likeness (QED) is 0.720. The largest absolute Gasteiger partial charge is 0.382 e. The molecule has 0 fully saturated rings. The first-order chi connectivity index (χ1) is 7.79. The summed E-state index contributed by atoms with van der Waals surface area (Å²) < 4.78 is 18.9. The summed E-state index contributed by atoms with van der Waals surface area (Å²) in [6.45, 7) is 4.13. The van der Waals surface area contributed by atoms with Crippen molar-refractivity contribution < 1.29 is 9.13 Å². The van der Waals surface area contributed by atoms with E-state index in [1.165, 1.54) is 6.07 Å². The molecule has 3 heteroatoms. The average Bonchev–Trinajstić information content (AvgIpc) is 2.29. The van der Waals surface area contributed by atoms with E-state index in [1.807, 2.05) is 26.1 Å². The fourth-order valence-electron chi connectivity index (χ4n) is 1.79. The van der Waals surface area contributed by atoms with Crippen LogP contribution in [0.15, 0.2) is 24.3 Å². The number of likely N-dealkylation sites (N-methyl/N-ethyl adjacent to an activating group) is 1. The molecule has 0 aromatic heterocycles. The lowest BCUT2D eigenvalue weighted by molar-refractivity contribution is 0.139. The van der Waals surface area contributed by atoms with E-state index < -0.39 is 0 Å². The van der Waals surface area contributed by atoms with Gasteiger partial charge >= 0.3 is 0 Å². The molecule has 90 valence electrons. The molecular weight excluding hydrogens is 205 g/mol. The number of ether oxygens (including phenoxy) is 1. The van der Waals surface area contributed by atoms with Crippen LogP contribution >= 0.6 is 0 Å². The minimum absolute atomic E-state index is 0.126. The van der Waals surface area contributed by atoms with Gasteiger partial charge in [-0.3, -0.25) is 0 Å². The van der Waals surface area contributed by atoms with E-state index in [4.69, 9.17) is 4.74 Å². The summed E-state index contributed by atoms with van der Waals surface area (Å²) in [4.78, 5) is 0. The fourth-order valence-corrected chi connectivity index (χ4v) is 1.79. The van der Waals surface area contributed by atoms with Crippen molar-refractivity contribution in [2.45, 2.75) is 19.3 Å². The molecule has 1 N–H and O–H groups in total. The first-order valence-corrected chi connectivity index (χ1v) is 5.76. The maximum Gasteiger partial charge on any atom is 0.126 e. The van der Waals surface area contributed by atoms with E-state index in [9.17, 15) is 4.39 Å². The van der Waals surface area contributed by atoms with Gasteiger partial charge < -0.3 is 10.1 Å². The summed E-state index contributed by atoms with van der Waals surface area (Å²) in [5, 5.41) is 3.10. The highest BCUT2D eigenvalue weighted by Gasteiger charge is 2.14. The Morgan fingerprint density at radius 2 is 2.12 bits per heavy atom. The zero-order chi connectivity index (χ0) is 11.8. The summed E-state index contributed by atoms with van der Waals surface area (Å²) in [6.07, 6.45) is 0.843. The third kappa shape index (κ3) is 3.91. The van der Waals surface area contributed by atoms with Crippen LogP contribution in [0.25, 0.3) is 0 Å². The Bertz CT molecular complexity index is 304. The van der Waals surface area contributed by atoms with E-state index in [0.29, 0.717) is 13.2 Å². The van der Waals surface area contributed by atoms with Gasteiger partial charge in [-0.15, -0.1) is 0 Å². The Kier molecular flexibility index (Phi) is 6.04. The van der Waals surface area contributed by atoms with E-state index in [-0.39, 0.29) is 11.7 Å². The first-order valence-electron chi connectivity index (χ1n) is 5.76. The van der Waals surface area contributed by atoms with Crippen LogP contribution in [0.1, 0.15) is 24.8 Å². The molecule has 1 aromatic rings. The molecule has 1 unspecified atom stereocenters. The molecule has 0 bridgehead atoms. The van der Waals surface area contributed by atoms with Crippen LogP contribution in [0.4, 0.5) is 4.39 Å². The molecule has 0 aliphatic heterocycles. The maximum atomic E-state index is 13.6. The second-order valence-corrected chi connectivity index (χ2v) is 3.76. The van der Waals surface area contributed by atoms with Gasteiger partial charge in [0.2, 0.25) is 0 Å². The number of rotatable bonds is 7. The van der Waals surface area contributed by atoms with E-state index in [2.05, 4.69) is 5.32 Å². The SMILES string of the molecule is CCOCCC(CNC)c1ccccc1F. The topological polar surface area (TPSA) is 21.3 Å². The van der Waals surface area contributed by atoms with Gasteiger partial charge in [0.1, 0.15) is 5.82 Å². The van der Waals surface area contributed by atoms with Gasteiger partial charge in [0, 0.05) is 25.7 Å². The summed E-state index contributed by atoms with van der Waals surface area (Å²) >= 11 is 0. The Morgan fingerprint density at radius 3 is 2.75 bits per heavy atom. The van der Waals surface area contributed by atoms with E-state index in [1.54, 1.807) is 6.07 Å². The fraction of sp³-hybridized carbons (Fsp3) is 0.538. The lowest BCUT2D eigenvalue weighted by Gasteiger charge is -2.17. The van der Waals surface area contributed by atoms with Crippen LogP contribution in [0.5, 0.6) is 0 Å². The van der Waals surface area contributed by atoms with Crippen LogP contribution in [-0.4, -0.2) is 26.8 Å². The normalized spacial score (nSPS) is 12.7. The standard InChI is InChI=1S/C13H20FNO/c1-3-16-9-8-11(10-15-2)12-6-4-5-7-13(12)14/h4-7,11,15H,3,8-10H2,1-2H3.